The van der Waals surface area contributed by atoms with Crippen molar-refractivity contribution in [1.82, 2.24) is 14.5 Å². The zero-order valence-corrected chi connectivity index (χ0v) is 32.2. The first kappa shape index (κ1) is 32.3. The first-order chi connectivity index (χ1) is 28.3. The highest BCUT2D eigenvalue weighted by molar-refractivity contribution is 7.26. The number of hydrogen-bond donors (Lipinski definition) is 0. The average molecular weight is 762 g/mol. The smallest absolute Gasteiger partial charge is 0.161 e. The molecule has 0 unspecified atom stereocenters. The first-order valence-electron chi connectivity index (χ1n) is 19.2. The lowest BCUT2D eigenvalue weighted by atomic mass is 9.97. The van der Waals surface area contributed by atoms with Crippen molar-refractivity contribution < 1.29 is 0 Å². The Morgan fingerprint density at radius 3 is 1.70 bits per heavy atom. The van der Waals surface area contributed by atoms with Gasteiger partial charge in [-0.3, -0.25) is 0 Å². The van der Waals surface area contributed by atoms with Crippen LogP contribution in [-0.2, 0) is 0 Å². The summed E-state index contributed by atoms with van der Waals surface area (Å²) in [6.45, 7) is 0. The SMILES string of the molecule is c1ccc(-c2cc(-c3ccccc3)nc(-c3cccc4c3c3ccccc3n4-c3cc(-c4cccc5sc6ccccc6c45)c4sc5ccccc5c4c3)n2)cc1. The van der Waals surface area contributed by atoms with Gasteiger partial charge in [0.25, 0.3) is 0 Å². The van der Waals surface area contributed by atoms with Crippen LogP contribution < -0.4 is 0 Å². The monoisotopic (exact) mass is 761 g/mol. The maximum absolute atomic E-state index is 5.29. The third-order valence-electron chi connectivity index (χ3n) is 11.2. The zero-order valence-electron chi connectivity index (χ0n) is 30.6. The number of rotatable bonds is 5. The Kier molecular flexibility index (Phi) is 7.27. The molecule has 3 nitrogen and oxygen atoms in total. The van der Waals surface area contributed by atoms with E-state index in [2.05, 4.69) is 180 Å². The average Bonchev–Trinajstić information content (AvgIpc) is 3.96. The molecule has 12 rings (SSSR count). The molecule has 4 heterocycles. The summed E-state index contributed by atoms with van der Waals surface area (Å²) in [5.74, 6) is 0.708. The Bertz CT molecular complexity index is 3460. The standard InChI is InChI=1S/C52H31N3S2/c1-3-15-32(16-4-1)42-31-43(33-17-5-2-6-18-33)54-52(53-42)39-23-13-25-45-49(39)37-20-7-10-24-44(37)55(45)34-29-40-35-19-8-11-26-46(35)57-51(40)41(30-34)36-22-14-28-48-50(36)38-21-9-12-27-47(38)56-48/h1-31H. The van der Waals surface area contributed by atoms with Gasteiger partial charge in [0.15, 0.2) is 5.82 Å². The summed E-state index contributed by atoms with van der Waals surface area (Å²) in [6.07, 6.45) is 0. The predicted molar refractivity (Wildman–Crippen MR) is 244 cm³/mol. The van der Waals surface area contributed by atoms with Gasteiger partial charge in [-0.15, -0.1) is 22.7 Å². The molecule has 8 aromatic carbocycles. The molecule has 0 aliphatic carbocycles. The van der Waals surface area contributed by atoms with Gasteiger partial charge in [-0.25, -0.2) is 9.97 Å². The van der Waals surface area contributed by atoms with E-state index >= 15 is 0 Å². The number of aromatic nitrogens is 3. The third kappa shape index (κ3) is 5.10. The highest BCUT2D eigenvalue weighted by Gasteiger charge is 2.22. The van der Waals surface area contributed by atoms with Crippen LogP contribution in [-0.4, -0.2) is 14.5 Å². The molecule has 0 N–H and O–H groups in total. The van der Waals surface area contributed by atoms with E-state index in [0.29, 0.717) is 5.82 Å². The van der Waals surface area contributed by atoms with Crippen molar-refractivity contribution in [2.45, 2.75) is 0 Å². The van der Waals surface area contributed by atoms with Gasteiger partial charge in [0.1, 0.15) is 0 Å². The fraction of sp³-hybridized carbons (Fsp3) is 0. The molecule has 0 fully saturated rings. The van der Waals surface area contributed by atoms with E-state index in [-0.39, 0.29) is 0 Å². The van der Waals surface area contributed by atoms with Gasteiger partial charge in [0.05, 0.1) is 22.4 Å². The summed E-state index contributed by atoms with van der Waals surface area (Å²) >= 11 is 3.76. The van der Waals surface area contributed by atoms with Crippen LogP contribution in [0.1, 0.15) is 0 Å². The van der Waals surface area contributed by atoms with Gasteiger partial charge in [-0.05, 0) is 54.1 Å². The Hall–Kier alpha value is -6.92. The molecule has 5 heteroatoms. The summed E-state index contributed by atoms with van der Waals surface area (Å²) in [6, 6.07) is 67.6. The molecule has 0 saturated heterocycles. The minimum Gasteiger partial charge on any atom is -0.309 e. The Morgan fingerprint density at radius 1 is 0.368 bits per heavy atom. The minimum atomic E-state index is 0.708. The van der Waals surface area contributed by atoms with Gasteiger partial charge < -0.3 is 4.57 Å². The van der Waals surface area contributed by atoms with Crippen molar-refractivity contribution in [3.05, 3.63) is 188 Å². The van der Waals surface area contributed by atoms with Gasteiger partial charge in [0, 0.05) is 79.1 Å². The van der Waals surface area contributed by atoms with Gasteiger partial charge >= 0.3 is 0 Å². The van der Waals surface area contributed by atoms with E-state index in [1.807, 2.05) is 34.8 Å². The van der Waals surface area contributed by atoms with E-state index in [4.69, 9.17) is 9.97 Å². The fourth-order valence-corrected chi connectivity index (χ4v) is 11.0. The van der Waals surface area contributed by atoms with Crippen molar-refractivity contribution in [2.75, 3.05) is 0 Å². The molecule has 57 heavy (non-hydrogen) atoms. The van der Waals surface area contributed by atoms with E-state index in [0.717, 1.165) is 50.2 Å². The molecule has 0 atom stereocenters. The van der Waals surface area contributed by atoms with Crippen LogP contribution in [0.15, 0.2) is 188 Å². The molecule has 0 aliphatic heterocycles. The second-order valence-corrected chi connectivity index (χ2v) is 16.6. The first-order valence-corrected chi connectivity index (χ1v) is 20.8. The topological polar surface area (TPSA) is 30.7 Å². The Labute approximate surface area is 336 Å². The molecule has 0 aliphatic rings. The minimum absolute atomic E-state index is 0.708. The molecule has 0 saturated carbocycles. The van der Waals surface area contributed by atoms with E-state index in [1.54, 1.807) is 0 Å². The number of fused-ring (bicyclic) bond motifs is 9. The third-order valence-corrected chi connectivity index (χ3v) is 13.6. The molecule has 266 valence electrons. The van der Waals surface area contributed by atoms with Crippen LogP contribution >= 0.6 is 22.7 Å². The lowest BCUT2D eigenvalue weighted by Gasteiger charge is -2.14. The van der Waals surface area contributed by atoms with Gasteiger partial charge in [0.2, 0.25) is 0 Å². The Balaban J connectivity index is 1.16. The maximum atomic E-state index is 5.29. The quantitative estimate of drug-likeness (QED) is 0.175. The van der Waals surface area contributed by atoms with Gasteiger partial charge in [-0.2, -0.15) is 0 Å². The number of benzene rings is 8. The summed E-state index contributed by atoms with van der Waals surface area (Å²) in [7, 11) is 0. The van der Waals surface area contributed by atoms with Crippen LogP contribution in [0.3, 0.4) is 0 Å². The van der Waals surface area contributed by atoms with Crippen LogP contribution in [0.4, 0.5) is 0 Å². The second kappa shape index (κ2) is 12.8. The molecule has 0 amide bonds. The summed E-state index contributed by atoms with van der Waals surface area (Å²) in [4.78, 5) is 10.6. The number of nitrogens with zero attached hydrogens (tertiary/aromatic N) is 3. The molecular weight excluding hydrogens is 731 g/mol. The van der Waals surface area contributed by atoms with E-state index in [1.165, 1.54) is 56.9 Å². The number of hydrogen-bond acceptors (Lipinski definition) is 4. The normalized spacial score (nSPS) is 11.9. The molecule has 0 bridgehead atoms. The molecule has 4 aromatic heterocycles. The van der Waals surface area contributed by atoms with Crippen molar-refractivity contribution in [2.24, 2.45) is 0 Å². The molecular formula is C52H31N3S2. The van der Waals surface area contributed by atoms with Crippen LogP contribution in [0.5, 0.6) is 0 Å². The molecule has 0 radical (unpaired) electrons. The Morgan fingerprint density at radius 2 is 0.947 bits per heavy atom. The lowest BCUT2D eigenvalue weighted by Crippen LogP contribution is -1.97. The van der Waals surface area contributed by atoms with Gasteiger partial charge in [-0.1, -0.05) is 140 Å². The van der Waals surface area contributed by atoms with Crippen molar-refractivity contribution in [3.8, 4) is 50.7 Å². The largest absolute Gasteiger partial charge is 0.309 e. The summed E-state index contributed by atoms with van der Waals surface area (Å²) in [5, 5.41) is 7.49. The number of thiophene rings is 2. The fourth-order valence-electron chi connectivity index (χ4n) is 8.71. The maximum Gasteiger partial charge on any atom is 0.161 e. The zero-order chi connectivity index (χ0) is 37.5. The van der Waals surface area contributed by atoms with Crippen LogP contribution in [0, 0.1) is 0 Å². The lowest BCUT2D eigenvalue weighted by molar-refractivity contribution is 1.18. The summed E-state index contributed by atoms with van der Waals surface area (Å²) in [5.41, 5.74) is 10.8. The van der Waals surface area contributed by atoms with Crippen LogP contribution in [0.2, 0.25) is 0 Å². The molecule has 12 aromatic rings. The van der Waals surface area contributed by atoms with Crippen molar-refractivity contribution >= 4 is 84.8 Å². The van der Waals surface area contributed by atoms with E-state index < -0.39 is 0 Å². The van der Waals surface area contributed by atoms with Crippen molar-refractivity contribution in [3.63, 3.8) is 0 Å². The highest BCUT2D eigenvalue weighted by atomic mass is 32.1. The second-order valence-electron chi connectivity index (χ2n) is 14.5. The predicted octanol–water partition coefficient (Wildman–Crippen LogP) is 15.0. The summed E-state index contributed by atoms with van der Waals surface area (Å²) < 4.78 is 7.68. The highest BCUT2D eigenvalue weighted by Crippen LogP contribution is 2.47. The van der Waals surface area contributed by atoms with E-state index in [9.17, 15) is 0 Å². The number of para-hydroxylation sites is 1. The van der Waals surface area contributed by atoms with Crippen molar-refractivity contribution in [1.29, 1.82) is 0 Å². The van der Waals surface area contributed by atoms with Crippen LogP contribution in [0.25, 0.3) is 113 Å². The molecule has 0 spiro atoms.